The summed E-state index contributed by atoms with van der Waals surface area (Å²) < 4.78 is 10.4. The van der Waals surface area contributed by atoms with Crippen molar-refractivity contribution in [3.05, 3.63) is 41.7 Å². The van der Waals surface area contributed by atoms with Gasteiger partial charge in [0.15, 0.2) is 0 Å². The number of carbonyl (C=O) groups is 2. The first kappa shape index (κ1) is 20.9. The first-order valence-corrected chi connectivity index (χ1v) is 9.68. The predicted molar refractivity (Wildman–Crippen MR) is 108 cm³/mol. The van der Waals surface area contributed by atoms with E-state index in [1.165, 1.54) is 7.11 Å². The lowest BCUT2D eigenvalue weighted by Crippen LogP contribution is -2.49. The second kappa shape index (κ2) is 8.65. The van der Waals surface area contributed by atoms with Gasteiger partial charge in [0, 0.05) is 44.6 Å². The maximum absolute atomic E-state index is 12.2. The van der Waals surface area contributed by atoms with Crippen LogP contribution in [0.2, 0.25) is 0 Å². The normalized spacial score (nSPS) is 15.2. The fourth-order valence-corrected chi connectivity index (χ4v) is 3.21. The Morgan fingerprint density at radius 3 is 2.48 bits per heavy atom. The molecule has 2 aromatic rings. The average Bonchev–Trinajstić information content (AvgIpc) is 3.11. The molecule has 1 N–H and O–H groups in total. The molecule has 0 saturated carbocycles. The van der Waals surface area contributed by atoms with Gasteiger partial charge in [-0.2, -0.15) is 0 Å². The van der Waals surface area contributed by atoms with Gasteiger partial charge in [-0.1, -0.05) is 6.07 Å². The Kier molecular flexibility index (Phi) is 6.22. The van der Waals surface area contributed by atoms with Crippen LogP contribution >= 0.6 is 0 Å². The van der Waals surface area contributed by atoms with Crippen LogP contribution in [0.5, 0.6) is 0 Å². The minimum atomic E-state index is -0.504. The molecule has 8 heteroatoms. The Morgan fingerprint density at radius 2 is 1.90 bits per heavy atom. The number of rotatable bonds is 4. The molecular formula is C21H28N4O4. The maximum Gasteiger partial charge on any atom is 0.410 e. The summed E-state index contributed by atoms with van der Waals surface area (Å²) in [7, 11) is 1.37. The van der Waals surface area contributed by atoms with E-state index in [0.717, 1.165) is 17.1 Å². The fourth-order valence-electron chi connectivity index (χ4n) is 3.21. The minimum Gasteiger partial charge on any atom is -0.465 e. The number of nitrogens with zero attached hydrogens (tertiary/aromatic N) is 3. The summed E-state index contributed by atoms with van der Waals surface area (Å²) in [5, 5.41) is 0. The van der Waals surface area contributed by atoms with E-state index in [0.29, 0.717) is 38.3 Å². The first-order valence-electron chi connectivity index (χ1n) is 9.68. The van der Waals surface area contributed by atoms with Gasteiger partial charge in [0.05, 0.1) is 24.1 Å². The number of nitrogens with one attached hydrogen (secondary N) is 1. The Morgan fingerprint density at radius 1 is 1.17 bits per heavy atom. The Bertz CT molecular complexity index is 849. The van der Waals surface area contributed by atoms with Gasteiger partial charge in [0.25, 0.3) is 0 Å². The highest BCUT2D eigenvalue weighted by Gasteiger charge is 2.27. The highest BCUT2D eigenvalue weighted by molar-refractivity contribution is 5.92. The van der Waals surface area contributed by atoms with Crippen LogP contribution in [0.25, 0.3) is 11.4 Å². The lowest BCUT2D eigenvalue weighted by molar-refractivity contribution is 0.0138. The van der Waals surface area contributed by atoms with E-state index in [-0.39, 0.29) is 12.1 Å². The molecule has 29 heavy (non-hydrogen) atoms. The summed E-state index contributed by atoms with van der Waals surface area (Å²) in [5.74, 6) is -0.383. The first-order chi connectivity index (χ1) is 13.8. The van der Waals surface area contributed by atoms with E-state index in [2.05, 4.69) is 14.9 Å². The summed E-state index contributed by atoms with van der Waals surface area (Å²) >= 11 is 0. The van der Waals surface area contributed by atoms with Crippen LogP contribution in [0.3, 0.4) is 0 Å². The number of pyridine rings is 1. The van der Waals surface area contributed by atoms with Gasteiger partial charge >= 0.3 is 12.1 Å². The quantitative estimate of drug-likeness (QED) is 0.794. The van der Waals surface area contributed by atoms with Crippen molar-refractivity contribution < 1.29 is 19.1 Å². The SMILES string of the molecule is COC(=O)c1cc(-c2ccccn2)[nH]c1CN1CCN(C(=O)OC(C)(C)C)CC1. The minimum absolute atomic E-state index is 0.287. The third-order valence-corrected chi connectivity index (χ3v) is 4.65. The zero-order chi connectivity index (χ0) is 21.0. The molecule has 1 aliphatic rings. The molecule has 1 amide bonds. The van der Waals surface area contributed by atoms with Gasteiger partial charge < -0.3 is 19.4 Å². The summed E-state index contributed by atoms with van der Waals surface area (Å²) in [6.07, 6.45) is 1.42. The second-order valence-corrected chi connectivity index (χ2v) is 8.03. The van der Waals surface area contributed by atoms with Crippen LogP contribution < -0.4 is 0 Å². The molecule has 0 radical (unpaired) electrons. The number of aromatic amines is 1. The van der Waals surface area contributed by atoms with Gasteiger partial charge in [0.2, 0.25) is 0 Å². The highest BCUT2D eigenvalue weighted by Crippen LogP contribution is 2.23. The van der Waals surface area contributed by atoms with Crippen molar-refractivity contribution in [1.29, 1.82) is 0 Å². The van der Waals surface area contributed by atoms with Crippen molar-refractivity contribution in [2.24, 2.45) is 0 Å². The van der Waals surface area contributed by atoms with Crippen molar-refractivity contribution >= 4 is 12.1 Å². The van der Waals surface area contributed by atoms with Crippen LogP contribution in [0.1, 0.15) is 36.8 Å². The molecule has 156 valence electrons. The number of aromatic nitrogens is 2. The highest BCUT2D eigenvalue weighted by atomic mass is 16.6. The molecule has 0 spiro atoms. The number of carbonyl (C=O) groups excluding carboxylic acids is 2. The molecule has 1 saturated heterocycles. The predicted octanol–water partition coefficient (Wildman–Crippen LogP) is 2.92. The average molecular weight is 400 g/mol. The molecule has 1 aliphatic heterocycles. The van der Waals surface area contributed by atoms with E-state index in [1.807, 2.05) is 39.0 Å². The number of ether oxygens (including phenoxy) is 2. The maximum atomic E-state index is 12.2. The van der Waals surface area contributed by atoms with Gasteiger partial charge in [-0.25, -0.2) is 9.59 Å². The number of piperazine rings is 1. The molecule has 0 atom stereocenters. The summed E-state index contributed by atoms with van der Waals surface area (Å²) in [5.41, 5.74) is 2.31. The number of H-pyrrole nitrogens is 1. The van der Waals surface area contributed by atoms with E-state index in [1.54, 1.807) is 17.2 Å². The molecule has 3 heterocycles. The Balaban J connectivity index is 1.68. The zero-order valence-corrected chi connectivity index (χ0v) is 17.4. The fraction of sp³-hybridized carbons (Fsp3) is 0.476. The monoisotopic (exact) mass is 400 g/mol. The van der Waals surface area contributed by atoms with Crippen molar-refractivity contribution in [2.75, 3.05) is 33.3 Å². The number of esters is 1. The van der Waals surface area contributed by atoms with Crippen molar-refractivity contribution in [3.8, 4) is 11.4 Å². The largest absolute Gasteiger partial charge is 0.465 e. The molecule has 0 aromatic carbocycles. The van der Waals surface area contributed by atoms with Gasteiger partial charge in [-0.3, -0.25) is 9.88 Å². The van der Waals surface area contributed by atoms with Crippen LogP contribution in [-0.2, 0) is 16.0 Å². The second-order valence-electron chi connectivity index (χ2n) is 8.03. The molecule has 3 rings (SSSR count). The number of hydrogen-bond donors (Lipinski definition) is 1. The van der Waals surface area contributed by atoms with Crippen LogP contribution in [0.15, 0.2) is 30.5 Å². The third kappa shape index (κ3) is 5.35. The topological polar surface area (TPSA) is 87.8 Å². The number of methoxy groups -OCH3 is 1. The summed E-state index contributed by atoms with van der Waals surface area (Å²) in [4.78, 5) is 36.0. The number of hydrogen-bond acceptors (Lipinski definition) is 6. The lowest BCUT2D eigenvalue weighted by Gasteiger charge is -2.35. The Hall–Kier alpha value is -2.87. The summed E-state index contributed by atoms with van der Waals surface area (Å²) in [6.45, 7) is 8.68. The molecule has 0 aliphatic carbocycles. The van der Waals surface area contributed by atoms with E-state index < -0.39 is 5.60 Å². The molecular weight excluding hydrogens is 372 g/mol. The van der Waals surface area contributed by atoms with Crippen LogP contribution in [0.4, 0.5) is 4.79 Å². The Labute approximate surface area is 170 Å². The zero-order valence-electron chi connectivity index (χ0n) is 17.4. The third-order valence-electron chi connectivity index (χ3n) is 4.65. The molecule has 0 unspecified atom stereocenters. The smallest absolute Gasteiger partial charge is 0.410 e. The van der Waals surface area contributed by atoms with E-state index in [9.17, 15) is 9.59 Å². The van der Waals surface area contributed by atoms with E-state index in [4.69, 9.17) is 9.47 Å². The van der Waals surface area contributed by atoms with Crippen molar-refractivity contribution in [3.63, 3.8) is 0 Å². The lowest BCUT2D eigenvalue weighted by atomic mass is 10.2. The van der Waals surface area contributed by atoms with Gasteiger partial charge in [-0.15, -0.1) is 0 Å². The number of amides is 1. The standard InChI is InChI=1S/C21H28N4O4/c1-21(2,3)29-20(27)25-11-9-24(10-12-25)14-18-15(19(26)28-4)13-17(23-18)16-7-5-6-8-22-16/h5-8,13,23H,9-12,14H2,1-4H3. The van der Waals surface area contributed by atoms with Gasteiger partial charge in [0.1, 0.15) is 5.60 Å². The molecule has 1 fully saturated rings. The summed E-state index contributed by atoms with van der Waals surface area (Å²) in [6, 6.07) is 7.41. The molecule has 0 bridgehead atoms. The molecule has 8 nitrogen and oxygen atoms in total. The van der Waals surface area contributed by atoms with Crippen molar-refractivity contribution in [2.45, 2.75) is 32.9 Å². The van der Waals surface area contributed by atoms with Crippen LogP contribution in [-0.4, -0.2) is 70.7 Å². The molecule has 2 aromatic heterocycles. The van der Waals surface area contributed by atoms with E-state index >= 15 is 0 Å². The van der Waals surface area contributed by atoms with Gasteiger partial charge in [-0.05, 0) is 39.0 Å². The van der Waals surface area contributed by atoms with Crippen LogP contribution in [0, 0.1) is 0 Å². The van der Waals surface area contributed by atoms with Crippen molar-refractivity contribution in [1.82, 2.24) is 19.8 Å².